The Labute approximate surface area is 142 Å². The van der Waals surface area contributed by atoms with Gasteiger partial charge in [-0.3, -0.25) is 4.79 Å². The van der Waals surface area contributed by atoms with E-state index in [1.54, 1.807) is 6.92 Å². The van der Waals surface area contributed by atoms with Crippen LogP contribution in [-0.4, -0.2) is 27.5 Å². The SMILES string of the molecule is CCOC(=O)c1c(O)c(CC2CCCC2)nn(CCC(C)C)c1=O. The molecule has 0 saturated heterocycles. The van der Waals surface area contributed by atoms with Gasteiger partial charge < -0.3 is 9.84 Å². The number of rotatable bonds is 7. The number of ether oxygens (including phenoxy) is 1. The van der Waals surface area contributed by atoms with E-state index in [2.05, 4.69) is 18.9 Å². The predicted octanol–water partition coefficient (Wildman–Crippen LogP) is 2.90. The Morgan fingerprint density at radius 1 is 1.38 bits per heavy atom. The minimum absolute atomic E-state index is 0.157. The molecule has 1 fully saturated rings. The van der Waals surface area contributed by atoms with E-state index in [0.717, 1.165) is 19.3 Å². The molecule has 1 heterocycles. The summed E-state index contributed by atoms with van der Waals surface area (Å²) in [5.41, 5.74) is -0.404. The van der Waals surface area contributed by atoms with Gasteiger partial charge in [-0.05, 0) is 31.6 Å². The van der Waals surface area contributed by atoms with Crippen LogP contribution in [-0.2, 0) is 17.7 Å². The minimum atomic E-state index is -0.770. The normalized spacial score (nSPS) is 15.2. The first-order valence-corrected chi connectivity index (χ1v) is 8.94. The maximum atomic E-state index is 12.5. The number of hydrogen-bond donors (Lipinski definition) is 1. The molecule has 1 aromatic rings. The molecule has 134 valence electrons. The van der Waals surface area contributed by atoms with Crippen LogP contribution in [0, 0.1) is 11.8 Å². The van der Waals surface area contributed by atoms with E-state index in [0.29, 0.717) is 30.5 Å². The maximum Gasteiger partial charge on any atom is 0.347 e. The lowest BCUT2D eigenvalue weighted by Gasteiger charge is -2.15. The molecule has 24 heavy (non-hydrogen) atoms. The lowest BCUT2D eigenvalue weighted by Crippen LogP contribution is -2.31. The van der Waals surface area contributed by atoms with Crippen molar-refractivity contribution in [2.75, 3.05) is 6.61 Å². The molecular formula is C18H28N2O4. The average Bonchev–Trinajstić information content (AvgIpc) is 3.02. The highest BCUT2D eigenvalue weighted by atomic mass is 16.5. The zero-order valence-corrected chi connectivity index (χ0v) is 14.9. The molecule has 6 nitrogen and oxygen atoms in total. The molecule has 0 radical (unpaired) electrons. The second-order valence-electron chi connectivity index (χ2n) is 6.96. The molecule has 1 N–H and O–H groups in total. The second kappa shape index (κ2) is 8.31. The Morgan fingerprint density at radius 2 is 2.04 bits per heavy atom. The molecule has 0 amide bonds. The lowest BCUT2D eigenvalue weighted by atomic mass is 10.0. The van der Waals surface area contributed by atoms with Crippen LogP contribution in [0.2, 0.25) is 0 Å². The van der Waals surface area contributed by atoms with Crippen molar-refractivity contribution in [2.45, 2.75) is 65.8 Å². The fourth-order valence-electron chi connectivity index (χ4n) is 3.16. The monoisotopic (exact) mass is 336 g/mol. The summed E-state index contributed by atoms with van der Waals surface area (Å²) in [6.45, 7) is 6.39. The summed E-state index contributed by atoms with van der Waals surface area (Å²) >= 11 is 0. The number of aryl methyl sites for hydroxylation is 1. The average molecular weight is 336 g/mol. The number of aromatic nitrogens is 2. The van der Waals surface area contributed by atoms with Crippen LogP contribution in [0.3, 0.4) is 0 Å². The van der Waals surface area contributed by atoms with Gasteiger partial charge in [0.05, 0.1) is 6.61 Å². The predicted molar refractivity (Wildman–Crippen MR) is 91.2 cm³/mol. The Hall–Kier alpha value is -1.85. The van der Waals surface area contributed by atoms with Crippen molar-refractivity contribution < 1.29 is 14.6 Å². The summed E-state index contributed by atoms with van der Waals surface area (Å²) in [7, 11) is 0. The van der Waals surface area contributed by atoms with Gasteiger partial charge >= 0.3 is 5.97 Å². The molecule has 0 atom stereocenters. The number of aromatic hydroxyl groups is 1. The van der Waals surface area contributed by atoms with Crippen LogP contribution in [0.15, 0.2) is 4.79 Å². The molecule has 0 unspecified atom stereocenters. The summed E-state index contributed by atoms with van der Waals surface area (Å²) in [5.74, 6) is -0.203. The van der Waals surface area contributed by atoms with Crippen LogP contribution < -0.4 is 5.56 Å². The summed E-state index contributed by atoms with van der Waals surface area (Å²) in [6.07, 6.45) is 5.94. The van der Waals surface area contributed by atoms with E-state index < -0.39 is 11.5 Å². The molecule has 6 heteroatoms. The smallest absolute Gasteiger partial charge is 0.347 e. The van der Waals surface area contributed by atoms with Crippen molar-refractivity contribution in [1.82, 2.24) is 9.78 Å². The van der Waals surface area contributed by atoms with E-state index in [1.807, 2.05) is 0 Å². The number of carbonyl (C=O) groups is 1. The van der Waals surface area contributed by atoms with Gasteiger partial charge in [-0.25, -0.2) is 9.48 Å². The summed E-state index contributed by atoms with van der Waals surface area (Å²) in [6, 6.07) is 0. The van der Waals surface area contributed by atoms with Crippen LogP contribution in [0.1, 0.15) is 68.9 Å². The van der Waals surface area contributed by atoms with Gasteiger partial charge in [0.15, 0.2) is 11.3 Å². The third-order valence-corrected chi connectivity index (χ3v) is 4.55. The van der Waals surface area contributed by atoms with Gasteiger partial charge in [0.25, 0.3) is 5.56 Å². The van der Waals surface area contributed by atoms with Crippen LogP contribution in [0.5, 0.6) is 5.75 Å². The molecule has 0 aliphatic heterocycles. The van der Waals surface area contributed by atoms with Crippen LogP contribution in [0.4, 0.5) is 0 Å². The summed E-state index contributed by atoms with van der Waals surface area (Å²) in [4.78, 5) is 24.7. The fourth-order valence-corrected chi connectivity index (χ4v) is 3.16. The molecule has 0 bridgehead atoms. The first-order chi connectivity index (χ1) is 11.4. The minimum Gasteiger partial charge on any atom is -0.505 e. The van der Waals surface area contributed by atoms with Crippen molar-refractivity contribution in [2.24, 2.45) is 11.8 Å². The van der Waals surface area contributed by atoms with Crippen molar-refractivity contribution in [1.29, 1.82) is 0 Å². The van der Waals surface area contributed by atoms with Gasteiger partial charge in [0.1, 0.15) is 5.69 Å². The molecule has 1 saturated carbocycles. The summed E-state index contributed by atoms with van der Waals surface area (Å²) < 4.78 is 6.27. The molecule has 1 aromatic heterocycles. The standard InChI is InChI=1S/C18H28N2O4/c1-4-24-18(23)15-16(21)14(11-13-7-5-6-8-13)19-20(17(15)22)10-9-12(2)3/h12-13,21H,4-11H2,1-3H3. The van der Waals surface area contributed by atoms with E-state index in [1.165, 1.54) is 17.5 Å². The van der Waals surface area contributed by atoms with E-state index in [4.69, 9.17) is 4.74 Å². The molecule has 0 spiro atoms. The van der Waals surface area contributed by atoms with Crippen molar-refractivity contribution in [3.05, 3.63) is 21.6 Å². The van der Waals surface area contributed by atoms with Gasteiger partial charge in [0, 0.05) is 6.54 Å². The first-order valence-electron chi connectivity index (χ1n) is 8.94. The number of carbonyl (C=O) groups excluding carboxylic acids is 1. The van der Waals surface area contributed by atoms with Gasteiger partial charge in [0.2, 0.25) is 0 Å². The Kier molecular flexibility index (Phi) is 6.40. The molecular weight excluding hydrogens is 308 g/mol. The molecule has 0 aromatic carbocycles. The van der Waals surface area contributed by atoms with Gasteiger partial charge in [-0.1, -0.05) is 39.5 Å². The van der Waals surface area contributed by atoms with Crippen molar-refractivity contribution in [3.8, 4) is 5.75 Å². The third kappa shape index (κ3) is 4.36. The highest BCUT2D eigenvalue weighted by Crippen LogP contribution is 2.30. The van der Waals surface area contributed by atoms with E-state index in [9.17, 15) is 14.7 Å². The lowest BCUT2D eigenvalue weighted by molar-refractivity contribution is 0.0518. The van der Waals surface area contributed by atoms with Gasteiger partial charge in [-0.2, -0.15) is 5.10 Å². The summed E-state index contributed by atoms with van der Waals surface area (Å²) in [5, 5.41) is 14.8. The van der Waals surface area contributed by atoms with Crippen LogP contribution in [0.25, 0.3) is 0 Å². The Morgan fingerprint density at radius 3 is 2.62 bits per heavy atom. The van der Waals surface area contributed by atoms with Crippen molar-refractivity contribution in [3.63, 3.8) is 0 Å². The van der Waals surface area contributed by atoms with Crippen LogP contribution >= 0.6 is 0 Å². The number of hydrogen-bond acceptors (Lipinski definition) is 5. The quantitative estimate of drug-likeness (QED) is 0.774. The third-order valence-electron chi connectivity index (χ3n) is 4.55. The Bertz CT molecular complexity index is 631. The molecule has 1 aliphatic rings. The fraction of sp³-hybridized carbons (Fsp3) is 0.722. The highest BCUT2D eigenvalue weighted by molar-refractivity contribution is 5.92. The van der Waals surface area contributed by atoms with Crippen molar-refractivity contribution >= 4 is 5.97 Å². The maximum absolute atomic E-state index is 12.5. The number of esters is 1. The van der Waals surface area contributed by atoms with E-state index in [-0.39, 0.29) is 17.9 Å². The largest absolute Gasteiger partial charge is 0.505 e. The highest BCUT2D eigenvalue weighted by Gasteiger charge is 2.26. The first kappa shape index (κ1) is 18.5. The number of nitrogens with zero attached hydrogens (tertiary/aromatic N) is 2. The van der Waals surface area contributed by atoms with Gasteiger partial charge in [-0.15, -0.1) is 0 Å². The molecule has 1 aliphatic carbocycles. The second-order valence-corrected chi connectivity index (χ2v) is 6.96. The van der Waals surface area contributed by atoms with E-state index >= 15 is 0 Å². The zero-order valence-electron chi connectivity index (χ0n) is 14.9. The Balaban J connectivity index is 2.40. The zero-order chi connectivity index (χ0) is 17.7. The molecule has 2 rings (SSSR count). The topological polar surface area (TPSA) is 81.4 Å².